The number of hydrogen-bond acceptors (Lipinski definition) is 6. The van der Waals surface area contributed by atoms with Gasteiger partial charge in [0.2, 0.25) is 5.91 Å². The topological polar surface area (TPSA) is 108 Å². The van der Waals surface area contributed by atoms with Crippen molar-refractivity contribution in [3.05, 3.63) is 48.6 Å². The van der Waals surface area contributed by atoms with Crippen molar-refractivity contribution in [2.45, 2.75) is 238 Å². The molecule has 0 aromatic carbocycles. The molecule has 1 amide bonds. The van der Waals surface area contributed by atoms with E-state index >= 15 is 0 Å². The zero-order chi connectivity index (χ0) is 45.0. The first kappa shape index (κ1) is 59.5. The fourth-order valence-electron chi connectivity index (χ4n) is 7.18. The van der Waals surface area contributed by atoms with Gasteiger partial charge in [-0.25, -0.2) is 0 Å². The molecule has 0 aliphatic carbocycles. The van der Waals surface area contributed by atoms with Gasteiger partial charge in [-0.3, -0.25) is 9.36 Å². The summed E-state index contributed by atoms with van der Waals surface area (Å²) >= 11 is 0. The molecule has 9 heteroatoms. The van der Waals surface area contributed by atoms with E-state index in [0.29, 0.717) is 17.4 Å². The minimum Gasteiger partial charge on any atom is -0.756 e. The zero-order valence-corrected chi connectivity index (χ0v) is 41.5. The van der Waals surface area contributed by atoms with E-state index in [9.17, 15) is 19.4 Å². The van der Waals surface area contributed by atoms with Gasteiger partial charge in [-0.1, -0.05) is 197 Å². The molecule has 0 aromatic rings. The number of carbonyl (C=O) groups is 1. The number of carbonyl (C=O) groups excluding carboxylic acids is 1. The lowest BCUT2D eigenvalue weighted by atomic mass is 10.0. The summed E-state index contributed by atoms with van der Waals surface area (Å²) in [6.45, 7) is 4.62. The maximum atomic E-state index is 12.9. The van der Waals surface area contributed by atoms with Gasteiger partial charge in [0.1, 0.15) is 13.2 Å². The number of aliphatic hydroxyl groups is 1. The number of unbranched alkanes of at least 4 members (excludes halogenated alkanes) is 27. The van der Waals surface area contributed by atoms with Crippen LogP contribution in [-0.4, -0.2) is 68.5 Å². The molecule has 0 saturated carbocycles. The smallest absolute Gasteiger partial charge is 0.268 e. The Morgan fingerprint density at radius 1 is 0.557 bits per heavy atom. The van der Waals surface area contributed by atoms with Crippen molar-refractivity contribution in [1.29, 1.82) is 0 Å². The SMILES string of the molecule is CCCCCCCCC/C=C\CCCCCCCC(=O)NC(COP(=O)([O-])OCC[N+](C)(C)C)C(O)/C=C/CC/C=C/CC/C=C/CCCCCCCCCCCCCCC. The summed E-state index contributed by atoms with van der Waals surface area (Å²) in [6, 6.07) is -0.914. The molecule has 0 spiro atoms. The Labute approximate surface area is 378 Å². The molecule has 8 nitrogen and oxygen atoms in total. The van der Waals surface area contributed by atoms with Crippen LogP contribution in [0.3, 0.4) is 0 Å². The van der Waals surface area contributed by atoms with Crippen LogP contribution in [-0.2, 0) is 18.4 Å². The lowest BCUT2D eigenvalue weighted by molar-refractivity contribution is -0.870. The summed E-state index contributed by atoms with van der Waals surface area (Å²) in [6.07, 6.45) is 56.0. The van der Waals surface area contributed by atoms with Crippen LogP contribution in [0.4, 0.5) is 0 Å². The molecule has 0 bridgehead atoms. The van der Waals surface area contributed by atoms with E-state index in [2.05, 4.69) is 55.6 Å². The lowest BCUT2D eigenvalue weighted by Crippen LogP contribution is -2.45. The molecule has 0 heterocycles. The first-order chi connectivity index (χ1) is 29.5. The summed E-state index contributed by atoms with van der Waals surface area (Å²) in [5.41, 5.74) is 0. The Balaban J connectivity index is 4.40. The number of phosphoric acid groups is 1. The van der Waals surface area contributed by atoms with Gasteiger partial charge >= 0.3 is 0 Å². The largest absolute Gasteiger partial charge is 0.756 e. The van der Waals surface area contributed by atoms with Crippen molar-refractivity contribution >= 4 is 13.7 Å². The van der Waals surface area contributed by atoms with Gasteiger partial charge in [-0.05, 0) is 70.6 Å². The van der Waals surface area contributed by atoms with Gasteiger partial charge in [0.25, 0.3) is 7.82 Å². The number of likely N-dealkylation sites (N-methyl/N-ethyl adjacent to an activating group) is 1. The number of aliphatic hydroxyl groups excluding tert-OH is 1. The molecular weight excluding hydrogens is 780 g/mol. The Morgan fingerprint density at radius 3 is 1.33 bits per heavy atom. The van der Waals surface area contributed by atoms with Gasteiger partial charge in [0.15, 0.2) is 0 Å². The van der Waals surface area contributed by atoms with E-state index in [1.165, 1.54) is 141 Å². The van der Waals surface area contributed by atoms with Crippen LogP contribution in [0, 0.1) is 0 Å². The molecule has 3 unspecified atom stereocenters. The molecule has 0 saturated heterocycles. The predicted molar refractivity (Wildman–Crippen MR) is 261 cm³/mol. The van der Waals surface area contributed by atoms with Gasteiger partial charge in [-0.2, -0.15) is 0 Å². The van der Waals surface area contributed by atoms with Gasteiger partial charge in [-0.15, -0.1) is 0 Å². The Morgan fingerprint density at radius 2 is 0.918 bits per heavy atom. The van der Waals surface area contributed by atoms with E-state index in [0.717, 1.165) is 64.2 Å². The van der Waals surface area contributed by atoms with Crippen molar-refractivity contribution in [3.63, 3.8) is 0 Å². The van der Waals surface area contributed by atoms with Crippen molar-refractivity contribution in [2.24, 2.45) is 0 Å². The summed E-state index contributed by atoms with van der Waals surface area (Å²) < 4.78 is 23.2. The third kappa shape index (κ3) is 46.3. The van der Waals surface area contributed by atoms with Crippen molar-refractivity contribution in [1.82, 2.24) is 5.32 Å². The Kier molecular flexibility index (Phi) is 42.6. The average molecular weight is 879 g/mol. The molecule has 0 fully saturated rings. The Hall–Kier alpha value is -1.54. The van der Waals surface area contributed by atoms with E-state index < -0.39 is 26.6 Å². The molecule has 0 aromatic heterocycles. The summed E-state index contributed by atoms with van der Waals surface area (Å²) in [5.74, 6) is -0.220. The van der Waals surface area contributed by atoms with E-state index in [4.69, 9.17) is 9.05 Å². The number of amides is 1. The third-order valence-electron chi connectivity index (χ3n) is 11.2. The zero-order valence-electron chi connectivity index (χ0n) is 40.6. The number of nitrogens with zero attached hydrogens (tertiary/aromatic N) is 1. The molecule has 3 atom stereocenters. The van der Waals surface area contributed by atoms with Gasteiger partial charge in [0, 0.05) is 6.42 Å². The van der Waals surface area contributed by atoms with Crippen molar-refractivity contribution < 1.29 is 32.9 Å². The maximum absolute atomic E-state index is 12.9. The number of allylic oxidation sites excluding steroid dienone is 7. The molecule has 0 radical (unpaired) electrons. The van der Waals surface area contributed by atoms with Crippen LogP contribution in [0.25, 0.3) is 0 Å². The quantitative estimate of drug-likeness (QED) is 0.0273. The molecule has 0 rings (SSSR count). The molecule has 2 N–H and O–H groups in total. The first-order valence-electron chi connectivity index (χ1n) is 25.5. The first-order valence-corrected chi connectivity index (χ1v) is 27.0. The highest BCUT2D eigenvalue weighted by Crippen LogP contribution is 2.38. The number of phosphoric ester groups is 1. The molecule has 0 aliphatic heterocycles. The number of rotatable bonds is 46. The molecule has 358 valence electrons. The van der Waals surface area contributed by atoms with Crippen LogP contribution in [0.5, 0.6) is 0 Å². The van der Waals surface area contributed by atoms with Crippen LogP contribution in [0.15, 0.2) is 48.6 Å². The Bertz CT molecular complexity index is 1130. The number of nitrogens with one attached hydrogen (secondary N) is 1. The monoisotopic (exact) mass is 879 g/mol. The maximum Gasteiger partial charge on any atom is 0.268 e. The minimum absolute atomic E-state index is 0.0113. The number of hydrogen-bond donors (Lipinski definition) is 2. The normalized spacial score (nSPS) is 14.5. The highest BCUT2D eigenvalue weighted by molar-refractivity contribution is 7.45. The average Bonchev–Trinajstić information content (AvgIpc) is 3.21. The lowest BCUT2D eigenvalue weighted by Gasteiger charge is -2.29. The van der Waals surface area contributed by atoms with Gasteiger partial charge in [0.05, 0.1) is 39.9 Å². The fraction of sp³-hybridized carbons (Fsp3) is 0.827. The third-order valence-corrected chi connectivity index (χ3v) is 12.2. The summed E-state index contributed by atoms with van der Waals surface area (Å²) in [4.78, 5) is 25.4. The van der Waals surface area contributed by atoms with Crippen LogP contribution in [0.1, 0.15) is 226 Å². The highest BCUT2D eigenvalue weighted by Gasteiger charge is 2.23. The second-order valence-electron chi connectivity index (χ2n) is 18.5. The molecule has 61 heavy (non-hydrogen) atoms. The van der Waals surface area contributed by atoms with Crippen molar-refractivity contribution in [3.8, 4) is 0 Å². The predicted octanol–water partition coefficient (Wildman–Crippen LogP) is 14.2. The van der Waals surface area contributed by atoms with E-state index in [1.54, 1.807) is 6.08 Å². The second kappa shape index (κ2) is 43.7. The highest BCUT2D eigenvalue weighted by atomic mass is 31.2. The van der Waals surface area contributed by atoms with E-state index in [-0.39, 0.29) is 12.5 Å². The van der Waals surface area contributed by atoms with Gasteiger partial charge < -0.3 is 28.8 Å². The summed E-state index contributed by atoms with van der Waals surface area (Å²) in [7, 11) is 1.23. The van der Waals surface area contributed by atoms with E-state index in [1.807, 2.05) is 27.2 Å². The minimum atomic E-state index is -4.61. The molecule has 0 aliphatic rings. The number of quaternary nitrogens is 1. The second-order valence-corrected chi connectivity index (χ2v) is 19.9. The fourth-order valence-corrected chi connectivity index (χ4v) is 7.90. The van der Waals surface area contributed by atoms with Crippen LogP contribution in [0.2, 0.25) is 0 Å². The molecular formula is C52H99N2O6P. The standard InChI is InChI=1S/C52H99N2O6P/c1-6-8-10-12-14-16-18-20-22-24-25-26-27-28-29-30-31-33-35-37-39-41-43-45-51(55)50(49-60-61(57,58)59-48-47-54(3,4)5)53-52(56)46-44-42-40-38-36-34-32-23-21-19-17-15-13-11-9-7-2/h23,29-30,32,35,37,43,45,50-51,55H,6-22,24-28,31,33-34,36,38-42,44,46-49H2,1-5H3,(H-,53,56,57,58)/b30-29+,32-23-,37-35+,45-43+. The summed E-state index contributed by atoms with van der Waals surface area (Å²) in [5, 5.41) is 13.8. The van der Waals surface area contributed by atoms with Crippen LogP contribution >= 0.6 is 7.82 Å². The van der Waals surface area contributed by atoms with Crippen molar-refractivity contribution in [2.75, 3.05) is 40.9 Å². The van der Waals surface area contributed by atoms with Crippen LogP contribution < -0.4 is 10.2 Å².